The summed E-state index contributed by atoms with van der Waals surface area (Å²) in [6, 6.07) is 9.64. The SMILES string of the molecule is Cc1ccc2nc(CC(=O)N(C)CC(=O)O)ccc2c1. The van der Waals surface area contributed by atoms with Crippen molar-refractivity contribution in [3.05, 3.63) is 41.6 Å². The van der Waals surface area contributed by atoms with Gasteiger partial charge in [-0.25, -0.2) is 0 Å². The van der Waals surface area contributed by atoms with Crippen LogP contribution in [-0.4, -0.2) is 40.5 Å². The topological polar surface area (TPSA) is 70.5 Å². The van der Waals surface area contributed by atoms with Gasteiger partial charge in [0.25, 0.3) is 0 Å². The number of amides is 1. The zero-order chi connectivity index (χ0) is 14.7. The average molecular weight is 272 g/mol. The quantitative estimate of drug-likeness (QED) is 0.918. The molecule has 1 amide bonds. The normalized spacial score (nSPS) is 10.5. The molecule has 1 aromatic heterocycles. The van der Waals surface area contributed by atoms with Gasteiger partial charge in [0.15, 0.2) is 0 Å². The molecule has 20 heavy (non-hydrogen) atoms. The number of rotatable bonds is 4. The van der Waals surface area contributed by atoms with Gasteiger partial charge in [0, 0.05) is 12.4 Å². The number of likely N-dealkylation sites (N-methyl/N-ethyl adjacent to an activating group) is 1. The molecule has 1 N–H and O–H groups in total. The van der Waals surface area contributed by atoms with Crippen molar-refractivity contribution in [1.29, 1.82) is 0 Å². The van der Waals surface area contributed by atoms with Gasteiger partial charge in [-0.15, -0.1) is 0 Å². The Balaban J connectivity index is 2.15. The highest BCUT2D eigenvalue weighted by atomic mass is 16.4. The van der Waals surface area contributed by atoms with Crippen LogP contribution in [0.15, 0.2) is 30.3 Å². The van der Waals surface area contributed by atoms with E-state index in [0.717, 1.165) is 16.5 Å². The van der Waals surface area contributed by atoms with Crippen LogP contribution in [0.2, 0.25) is 0 Å². The predicted octanol–water partition coefficient (Wildman–Crippen LogP) is 1.63. The summed E-state index contributed by atoms with van der Waals surface area (Å²) in [7, 11) is 1.47. The minimum Gasteiger partial charge on any atom is -0.480 e. The zero-order valence-electron chi connectivity index (χ0n) is 11.5. The number of pyridine rings is 1. The number of carboxylic acids is 1. The van der Waals surface area contributed by atoms with E-state index in [1.165, 1.54) is 11.9 Å². The largest absolute Gasteiger partial charge is 0.480 e. The molecular weight excluding hydrogens is 256 g/mol. The Morgan fingerprint density at radius 1 is 1.25 bits per heavy atom. The molecule has 1 aromatic carbocycles. The predicted molar refractivity (Wildman–Crippen MR) is 75.5 cm³/mol. The van der Waals surface area contributed by atoms with Crippen LogP contribution >= 0.6 is 0 Å². The van der Waals surface area contributed by atoms with Crippen LogP contribution < -0.4 is 0 Å². The average Bonchev–Trinajstić information content (AvgIpc) is 2.38. The van der Waals surface area contributed by atoms with Crippen LogP contribution in [0.3, 0.4) is 0 Å². The van der Waals surface area contributed by atoms with Crippen molar-refractivity contribution in [3.63, 3.8) is 0 Å². The van der Waals surface area contributed by atoms with E-state index in [1.807, 2.05) is 31.2 Å². The second-order valence-electron chi connectivity index (χ2n) is 4.82. The fourth-order valence-electron chi connectivity index (χ4n) is 1.97. The maximum atomic E-state index is 11.9. The van der Waals surface area contributed by atoms with E-state index in [2.05, 4.69) is 4.98 Å². The van der Waals surface area contributed by atoms with Gasteiger partial charge >= 0.3 is 5.97 Å². The minimum atomic E-state index is -1.03. The molecule has 0 unspecified atom stereocenters. The van der Waals surface area contributed by atoms with Gasteiger partial charge in [-0.05, 0) is 25.1 Å². The molecule has 0 aliphatic rings. The van der Waals surface area contributed by atoms with Crippen molar-refractivity contribution in [1.82, 2.24) is 9.88 Å². The van der Waals surface area contributed by atoms with E-state index < -0.39 is 5.97 Å². The number of carbonyl (C=O) groups is 2. The van der Waals surface area contributed by atoms with Crippen molar-refractivity contribution >= 4 is 22.8 Å². The number of carboxylic acid groups (broad SMARTS) is 1. The number of carbonyl (C=O) groups excluding carboxylic acids is 1. The minimum absolute atomic E-state index is 0.105. The lowest BCUT2D eigenvalue weighted by atomic mass is 10.1. The molecule has 5 nitrogen and oxygen atoms in total. The van der Waals surface area contributed by atoms with Crippen LogP contribution in [0.1, 0.15) is 11.3 Å². The molecule has 0 aliphatic carbocycles. The summed E-state index contributed by atoms with van der Waals surface area (Å²) in [5.41, 5.74) is 2.63. The van der Waals surface area contributed by atoms with Gasteiger partial charge in [-0.2, -0.15) is 0 Å². The third-order valence-electron chi connectivity index (χ3n) is 3.03. The Morgan fingerprint density at radius 3 is 2.70 bits per heavy atom. The van der Waals surface area contributed by atoms with Crippen molar-refractivity contribution in [2.75, 3.05) is 13.6 Å². The maximum Gasteiger partial charge on any atom is 0.323 e. The standard InChI is InChI=1S/C15H16N2O3/c1-10-3-6-13-11(7-10)4-5-12(16-13)8-14(18)17(2)9-15(19)20/h3-7H,8-9H2,1-2H3,(H,19,20). The van der Waals surface area contributed by atoms with E-state index >= 15 is 0 Å². The number of aryl methyl sites for hydroxylation is 1. The van der Waals surface area contributed by atoms with E-state index in [-0.39, 0.29) is 18.9 Å². The van der Waals surface area contributed by atoms with Crippen molar-refractivity contribution in [3.8, 4) is 0 Å². The number of fused-ring (bicyclic) bond motifs is 1. The summed E-state index contributed by atoms with van der Waals surface area (Å²) in [5.74, 6) is -1.28. The fourth-order valence-corrected chi connectivity index (χ4v) is 1.97. The first-order valence-corrected chi connectivity index (χ1v) is 6.28. The Morgan fingerprint density at radius 2 is 2.00 bits per heavy atom. The van der Waals surface area contributed by atoms with Gasteiger partial charge in [0.05, 0.1) is 17.6 Å². The second-order valence-corrected chi connectivity index (χ2v) is 4.82. The summed E-state index contributed by atoms with van der Waals surface area (Å²) in [4.78, 5) is 28.0. The molecule has 1 heterocycles. The highest BCUT2D eigenvalue weighted by Crippen LogP contribution is 2.15. The third-order valence-corrected chi connectivity index (χ3v) is 3.03. The van der Waals surface area contributed by atoms with E-state index in [1.54, 1.807) is 6.07 Å². The highest BCUT2D eigenvalue weighted by molar-refractivity contribution is 5.84. The highest BCUT2D eigenvalue weighted by Gasteiger charge is 2.13. The molecule has 0 spiro atoms. The molecular formula is C15H16N2O3. The lowest BCUT2D eigenvalue weighted by Gasteiger charge is -2.14. The first kappa shape index (κ1) is 14.0. The molecule has 0 saturated carbocycles. The lowest BCUT2D eigenvalue weighted by Crippen LogP contribution is -2.33. The monoisotopic (exact) mass is 272 g/mol. The number of hydrogen-bond donors (Lipinski definition) is 1. The van der Waals surface area contributed by atoms with Crippen LogP contribution in [0.25, 0.3) is 10.9 Å². The molecule has 0 fully saturated rings. The number of aromatic nitrogens is 1. The summed E-state index contributed by atoms with van der Waals surface area (Å²) >= 11 is 0. The van der Waals surface area contributed by atoms with Crippen LogP contribution in [0.5, 0.6) is 0 Å². The van der Waals surface area contributed by atoms with Crippen LogP contribution in [0.4, 0.5) is 0 Å². The molecule has 0 bridgehead atoms. The van der Waals surface area contributed by atoms with Gasteiger partial charge in [-0.3, -0.25) is 14.6 Å². The summed E-state index contributed by atoms with van der Waals surface area (Å²) in [6.07, 6.45) is 0.105. The van der Waals surface area contributed by atoms with Crippen molar-refractivity contribution in [2.45, 2.75) is 13.3 Å². The number of hydrogen-bond acceptors (Lipinski definition) is 3. The van der Waals surface area contributed by atoms with Gasteiger partial charge in [0.1, 0.15) is 6.54 Å². The lowest BCUT2D eigenvalue weighted by molar-refractivity contribution is -0.143. The van der Waals surface area contributed by atoms with Crippen molar-refractivity contribution in [2.24, 2.45) is 0 Å². The summed E-state index contributed by atoms with van der Waals surface area (Å²) in [6.45, 7) is 1.71. The molecule has 2 aromatic rings. The molecule has 0 aliphatic heterocycles. The van der Waals surface area contributed by atoms with Gasteiger partial charge < -0.3 is 10.0 Å². The van der Waals surface area contributed by atoms with E-state index in [0.29, 0.717) is 5.69 Å². The molecule has 104 valence electrons. The smallest absolute Gasteiger partial charge is 0.323 e. The van der Waals surface area contributed by atoms with E-state index in [9.17, 15) is 9.59 Å². The molecule has 5 heteroatoms. The van der Waals surface area contributed by atoms with Crippen LogP contribution in [-0.2, 0) is 16.0 Å². The summed E-state index contributed by atoms with van der Waals surface area (Å²) < 4.78 is 0. The van der Waals surface area contributed by atoms with Gasteiger partial charge in [-0.1, -0.05) is 17.7 Å². The molecule has 0 atom stereocenters. The van der Waals surface area contributed by atoms with Crippen LogP contribution in [0, 0.1) is 6.92 Å². The fraction of sp³-hybridized carbons (Fsp3) is 0.267. The Kier molecular flexibility index (Phi) is 3.98. The number of nitrogens with zero attached hydrogens (tertiary/aromatic N) is 2. The number of aliphatic carboxylic acids is 1. The van der Waals surface area contributed by atoms with Gasteiger partial charge in [0.2, 0.25) is 5.91 Å². The molecule has 0 saturated heterocycles. The Labute approximate surface area is 116 Å². The Bertz CT molecular complexity index is 667. The first-order valence-electron chi connectivity index (χ1n) is 6.28. The Hall–Kier alpha value is -2.43. The molecule has 0 radical (unpaired) electrons. The molecule has 2 rings (SSSR count). The first-order chi connectivity index (χ1) is 9.45. The maximum absolute atomic E-state index is 11.9. The van der Waals surface area contributed by atoms with E-state index in [4.69, 9.17) is 5.11 Å². The second kappa shape index (κ2) is 5.69. The summed E-state index contributed by atoms with van der Waals surface area (Å²) in [5, 5.41) is 9.68. The zero-order valence-corrected chi connectivity index (χ0v) is 11.5. The third kappa shape index (κ3) is 3.32. The van der Waals surface area contributed by atoms with Crippen molar-refractivity contribution < 1.29 is 14.7 Å². The number of benzene rings is 1.